The summed E-state index contributed by atoms with van der Waals surface area (Å²) in [5, 5.41) is 2.15. The molecule has 3 nitrogen and oxygen atoms in total. The molecular formula is C8H8BrNO2S. The molecule has 0 radical (unpaired) electrons. The van der Waals surface area contributed by atoms with Gasteiger partial charge in [0.25, 0.3) is 5.24 Å². The van der Waals surface area contributed by atoms with E-state index in [0.717, 1.165) is 10.2 Å². The van der Waals surface area contributed by atoms with Gasteiger partial charge < -0.3 is 10.1 Å². The lowest BCUT2D eigenvalue weighted by Gasteiger charge is -2.05. The van der Waals surface area contributed by atoms with Crippen LogP contribution in [0.2, 0.25) is 0 Å². The molecule has 13 heavy (non-hydrogen) atoms. The van der Waals surface area contributed by atoms with Gasteiger partial charge in [0.2, 0.25) is 0 Å². The van der Waals surface area contributed by atoms with Crippen LogP contribution in [0.15, 0.2) is 22.7 Å². The van der Waals surface area contributed by atoms with Gasteiger partial charge >= 0.3 is 0 Å². The van der Waals surface area contributed by atoms with Gasteiger partial charge in [-0.15, -0.1) is 0 Å². The average Bonchev–Trinajstić information content (AvgIpc) is 2.03. The van der Waals surface area contributed by atoms with Crippen molar-refractivity contribution >= 4 is 39.5 Å². The first kappa shape index (κ1) is 10.4. The third kappa shape index (κ3) is 2.93. The molecule has 0 aliphatic carbocycles. The van der Waals surface area contributed by atoms with E-state index in [9.17, 15) is 4.79 Å². The fourth-order valence-corrected chi connectivity index (χ4v) is 1.54. The smallest absolute Gasteiger partial charge is 0.280 e. The van der Waals surface area contributed by atoms with Crippen LogP contribution < -0.4 is 10.1 Å². The van der Waals surface area contributed by atoms with E-state index in [4.69, 9.17) is 4.74 Å². The van der Waals surface area contributed by atoms with Crippen molar-refractivity contribution in [3.05, 3.63) is 22.7 Å². The van der Waals surface area contributed by atoms with Crippen LogP contribution in [-0.4, -0.2) is 12.3 Å². The average molecular weight is 262 g/mol. The maximum atomic E-state index is 10.6. The zero-order chi connectivity index (χ0) is 9.84. The normalized spacial score (nSPS) is 9.46. The minimum Gasteiger partial charge on any atom is -0.496 e. The lowest BCUT2D eigenvalue weighted by atomic mass is 10.3. The SMILES string of the molecule is COc1ccc(NC(=O)S)cc1Br. The zero-order valence-electron chi connectivity index (χ0n) is 6.87. The third-order valence-corrected chi connectivity index (χ3v) is 2.13. The molecule has 1 N–H and O–H groups in total. The van der Waals surface area contributed by atoms with Gasteiger partial charge in [0.15, 0.2) is 0 Å². The molecule has 70 valence electrons. The maximum Gasteiger partial charge on any atom is 0.280 e. The van der Waals surface area contributed by atoms with E-state index in [1.807, 2.05) is 0 Å². The predicted molar refractivity (Wildman–Crippen MR) is 58.7 cm³/mol. The van der Waals surface area contributed by atoms with Crippen molar-refractivity contribution < 1.29 is 9.53 Å². The Bertz CT molecular complexity index is 330. The molecule has 0 aromatic heterocycles. The summed E-state index contributed by atoms with van der Waals surface area (Å²) in [6.45, 7) is 0. The van der Waals surface area contributed by atoms with Crippen molar-refractivity contribution in [3.8, 4) is 5.75 Å². The van der Waals surface area contributed by atoms with Crippen LogP contribution in [0.1, 0.15) is 0 Å². The quantitative estimate of drug-likeness (QED) is 0.804. The molecule has 1 amide bonds. The van der Waals surface area contributed by atoms with Crippen molar-refractivity contribution in [1.82, 2.24) is 0 Å². The van der Waals surface area contributed by atoms with Crippen molar-refractivity contribution in [2.24, 2.45) is 0 Å². The number of hydrogen-bond acceptors (Lipinski definition) is 2. The minimum absolute atomic E-state index is 0.392. The summed E-state index contributed by atoms with van der Waals surface area (Å²) < 4.78 is 5.81. The first-order valence-corrected chi connectivity index (χ1v) is 4.71. The van der Waals surface area contributed by atoms with E-state index in [2.05, 4.69) is 33.9 Å². The van der Waals surface area contributed by atoms with Gasteiger partial charge in [-0.25, -0.2) is 0 Å². The Labute approximate surface area is 90.0 Å². The van der Waals surface area contributed by atoms with Crippen LogP contribution in [0, 0.1) is 0 Å². The first-order chi connectivity index (χ1) is 6.13. The summed E-state index contributed by atoms with van der Waals surface area (Å²) in [6.07, 6.45) is 0. The standard InChI is InChI=1S/C8H8BrNO2S/c1-12-7-3-2-5(4-6(7)9)10-8(11)13/h2-4H,1H3,(H2,10,11,13). The predicted octanol–water partition coefficient (Wildman–Crippen LogP) is 2.92. The molecule has 0 saturated carbocycles. The fourth-order valence-electron chi connectivity index (χ4n) is 0.868. The molecule has 0 unspecified atom stereocenters. The summed E-state index contributed by atoms with van der Waals surface area (Å²) in [6, 6.07) is 5.23. The molecule has 0 spiro atoms. The van der Waals surface area contributed by atoms with E-state index in [-0.39, 0.29) is 0 Å². The van der Waals surface area contributed by atoms with Crippen LogP contribution in [-0.2, 0) is 0 Å². The highest BCUT2D eigenvalue weighted by molar-refractivity contribution is 9.10. The van der Waals surface area contributed by atoms with Gasteiger partial charge in [0.05, 0.1) is 11.6 Å². The Hall–Kier alpha value is -0.680. The van der Waals surface area contributed by atoms with Crippen LogP contribution in [0.5, 0.6) is 5.75 Å². The number of amides is 1. The molecule has 1 rings (SSSR count). The first-order valence-electron chi connectivity index (χ1n) is 3.47. The number of carbonyl (C=O) groups is 1. The third-order valence-electron chi connectivity index (χ3n) is 1.40. The number of thiol groups is 1. The molecule has 0 aliphatic heterocycles. The number of anilines is 1. The van der Waals surface area contributed by atoms with Gasteiger partial charge in [-0.05, 0) is 34.1 Å². The number of ether oxygens (including phenoxy) is 1. The minimum atomic E-state index is -0.392. The van der Waals surface area contributed by atoms with E-state index < -0.39 is 5.24 Å². The summed E-state index contributed by atoms with van der Waals surface area (Å²) in [7, 11) is 1.58. The van der Waals surface area contributed by atoms with Gasteiger partial charge in [-0.1, -0.05) is 12.6 Å². The van der Waals surface area contributed by atoms with Crippen molar-refractivity contribution in [3.63, 3.8) is 0 Å². The van der Waals surface area contributed by atoms with Crippen LogP contribution in [0.25, 0.3) is 0 Å². The molecule has 0 aliphatic rings. The summed E-state index contributed by atoms with van der Waals surface area (Å²) in [4.78, 5) is 10.6. The monoisotopic (exact) mass is 261 g/mol. The number of hydrogen-bond donors (Lipinski definition) is 2. The Morgan fingerprint density at radius 2 is 2.31 bits per heavy atom. The number of carbonyl (C=O) groups excluding carboxylic acids is 1. The number of rotatable bonds is 2. The molecule has 5 heteroatoms. The van der Waals surface area contributed by atoms with E-state index in [1.165, 1.54) is 0 Å². The number of nitrogens with one attached hydrogen (secondary N) is 1. The van der Waals surface area contributed by atoms with Crippen LogP contribution in [0.3, 0.4) is 0 Å². The number of benzene rings is 1. The largest absolute Gasteiger partial charge is 0.496 e. The van der Waals surface area contributed by atoms with Gasteiger partial charge in [-0.3, -0.25) is 4.79 Å². The topological polar surface area (TPSA) is 38.3 Å². The van der Waals surface area contributed by atoms with E-state index in [1.54, 1.807) is 25.3 Å². The summed E-state index contributed by atoms with van der Waals surface area (Å²) in [5.74, 6) is 0.720. The fraction of sp³-hybridized carbons (Fsp3) is 0.125. The second kappa shape index (κ2) is 4.53. The van der Waals surface area contributed by atoms with Crippen LogP contribution >= 0.6 is 28.6 Å². The second-order valence-corrected chi connectivity index (χ2v) is 3.54. The molecule has 1 aromatic carbocycles. The van der Waals surface area contributed by atoms with E-state index in [0.29, 0.717) is 5.69 Å². The van der Waals surface area contributed by atoms with Crippen molar-refractivity contribution in [2.75, 3.05) is 12.4 Å². The van der Waals surface area contributed by atoms with Crippen molar-refractivity contribution in [1.29, 1.82) is 0 Å². The molecule has 0 fully saturated rings. The molecule has 1 aromatic rings. The summed E-state index contributed by atoms with van der Waals surface area (Å²) >= 11 is 6.89. The molecule has 0 bridgehead atoms. The molecule has 0 atom stereocenters. The van der Waals surface area contributed by atoms with Crippen LogP contribution in [0.4, 0.5) is 10.5 Å². The summed E-state index contributed by atoms with van der Waals surface area (Å²) in [5.41, 5.74) is 0.674. The zero-order valence-corrected chi connectivity index (χ0v) is 9.35. The second-order valence-electron chi connectivity index (χ2n) is 2.28. The molecule has 0 heterocycles. The highest BCUT2D eigenvalue weighted by Gasteiger charge is 2.01. The van der Waals surface area contributed by atoms with Gasteiger partial charge in [0.1, 0.15) is 5.75 Å². The number of methoxy groups -OCH3 is 1. The molecule has 0 saturated heterocycles. The van der Waals surface area contributed by atoms with Gasteiger partial charge in [-0.2, -0.15) is 0 Å². The van der Waals surface area contributed by atoms with E-state index >= 15 is 0 Å². The Kier molecular flexibility index (Phi) is 3.62. The number of halogens is 1. The highest BCUT2D eigenvalue weighted by atomic mass is 79.9. The maximum absolute atomic E-state index is 10.6. The Morgan fingerprint density at radius 1 is 1.62 bits per heavy atom. The van der Waals surface area contributed by atoms with Gasteiger partial charge in [0, 0.05) is 5.69 Å². The Morgan fingerprint density at radius 3 is 2.77 bits per heavy atom. The molecular weight excluding hydrogens is 254 g/mol. The highest BCUT2D eigenvalue weighted by Crippen LogP contribution is 2.27. The van der Waals surface area contributed by atoms with Crippen molar-refractivity contribution in [2.45, 2.75) is 0 Å². The Balaban J connectivity index is 2.89. The lowest BCUT2D eigenvalue weighted by molar-refractivity contribution is 0.270. The lowest BCUT2D eigenvalue weighted by Crippen LogP contribution is -2.00.